The number of aromatic nitrogens is 2. The van der Waals surface area contributed by atoms with Crippen LogP contribution < -0.4 is 10.6 Å². The van der Waals surface area contributed by atoms with Crippen molar-refractivity contribution in [2.24, 2.45) is 0 Å². The molecule has 1 heterocycles. The first-order valence-corrected chi connectivity index (χ1v) is 6.03. The second-order valence-corrected chi connectivity index (χ2v) is 5.07. The van der Waals surface area contributed by atoms with Crippen LogP contribution in [0.3, 0.4) is 0 Å². The minimum atomic E-state index is -0.155. The highest BCUT2D eigenvalue weighted by atomic mass is 16.5. The molecule has 2 N–H and O–H groups in total. The van der Waals surface area contributed by atoms with Gasteiger partial charge in [-0.3, -0.25) is 0 Å². The third-order valence-electron chi connectivity index (χ3n) is 3.20. The van der Waals surface area contributed by atoms with E-state index < -0.39 is 0 Å². The van der Waals surface area contributed by atoms with Crippen molar-refractivity contribution in [1.82, 2.24) is 20.8 Å². The fraction of sp³-hybridized carbons (Fsp3) is 0.727. The molecule has 0 bridgehead atoms. The van der Waals surface area contributed by atoms with Gasteiger partial charge in [0.05, 0.1) is 12.0 Å². The monoisotopic (exact) mass is 236 g/mol. The molecule has 2 amide bonds. The van der Waals surface area contributed by atoms with Crippen LogP contribution in [0.1, 0.15) is 37.4 Å². The summed E-state index contributed by atoms with van der Waals surface area (Å²) in [5.41, 5.74) is -0.155. The maximum atomic E-state index is 11.7. The van der Waals surface area contributed by atoms with Gasteiger partial charge in [-0.15, -0.1) is 0 Å². The summed E-state index contributed by atoms with van der Waals surface area (Å²) in [4.78, 5) is 15.8. The van der Waals surface area contributed by atoms with E-state index in [9.17, 15) is 4.79 Å². The Morgan fingerprint density at radius 3 is 2.82 bits per heavy atom. The normalized spacial score (nSPS) is 21.0. The zero-order valence-corrected chi connectivity index (χ0v) is 9.82. The van der Waals surface area contributed by atoms with Gasteiger partial charge in [0.1, 0.15) is 0 Å². The van der Waals surface area contributed by atoms with Crippen LogP contribution in [0.2, 0.25) is 0 Å². The highest BCUT2D eigenvalue weighted by molar-refractivity contribution is 5.76. The van der Waals surface area contributed by atoms with Gasteiger partial charge in [-0.25, -0.2) is 4.79 Å². The zero-order valence-electron chi connectivity index (χ0n) is 9.82. The lowest BCUT2D eigenvalue weighted by molar-refractivity contribution is 0.234. The molecule has 6 nitrogen and oxygen atoms in total. The van der Waals surface area contributed by atoms with Crippen LogP contribution >= 0.6 is 0 Å². The van der Waals surface area contributed by atoms with Gasteiger partial charge in [-0.2, -0.15) is 4.98 Å². The molecule has 2 saturated carbocycles. The third kappa shape index (κ3) is 2.57. The average Bonchev–Trinajstić information content (AvgIpc) is 3.14. The second kappa shape index (κ2) is 3.72. The van der Waals surface area contributed by atoms with Gasteiger partial charge >= 0.3 is 6.03 Å². The van der Waals surface area contributed by atoms with Gasteiger partial charge in [0, 0.05) is 6.04 Å². The molecule has 2 aliphatic rings. The Kier molecular flexibility index (Phi) is 2.31. The summed E-state index contributed by atoms with van der Waals surface area (Å²) in [5.74, 6) is 1.24. The molecule has 6 heteroatoms. The van der Waals surface area contributed by atoms with Gasteiger partial charge in [0.15, 0.2) is 5.82 Å². The van der Waals surface area contributed by atoms with Crippen molar-refractivity contribution < 1.29 is 9.32 Å². The summed E-state index contributed by atoms with van der Waals surface area (Å²) in [6, 6.07) is 0.317. The maximum Gasteiger partial charge on any atom is 0.315 e. The van der Waals surface area contributed by atoms with Crippen LogP contribution in [0.5, 0.6) is 0 Å². The molecule has 1 aromatic rings. The van der Waals surface area contributed by atoms with E-state index in [1.54, 1.807) is 6.92 Å². The number of nitrogens with zero attached hydrogens (tertiary/aromatic N) is 2. The Morgan fingerprint density at radius 2 is 2.29 bits per heavy atom. The molecule has 0 aromatic carbocycles. The molecular formula is C11H16N4O2. The Hall–Kier alpha value is -1.59. The summed E-state index contributed by atoms with van der Waals surface area (Å²) in [6.45, 7) is 1.79. The van der Waals surface area contributed by atoms with Crippen LogP contribution in [0, 0.1) is 6.92 Å². The van der Waals surface area contributed by atoms with Gasteiger partial charge in [-0.1, -0.05) is 5.16 Å². The lowest BCUT2D eigenvalue weighted by atomic mass is 10.2. The van der Waals surface area contributed by atoms with E-state index in [4.69, 9.17) is 4.52 Å². The number of urea groups is 1. The molecular weight excluding hydrogens is 220 g/mol. The highest BCUT2D eigenvalue weighted by Gasteiger charge is 2.46. The zero-order chi connectivity index (χ0) is 11.9. The smallest absolute Gasteiger partial charge is 0.315 e. The summed E-state index contributed by atoms with van der Waals surface area (Å²) in [6.07, 6.45) is 4.79. The number of hydrogen-bond acceptors (Lipinski definition) is 4. The molecule has 0 spiro atoms. The summed E-state index contributed by atoms with van der Waals surface area (Å²) < 4.78 is 5.08. The SMILES string of the molecule is Cc1noc(CC2(NC(=O)NC3CC3)CC2)n1. The first kappa shape index (κ1) is 10.6. The van der Waals surface area contributed by atoms with Crippen molar-refractivity contribution >= 4 is 6.03 Å². The van der Waals surface area contributed by atoms with E-state index in [-0.39, 0.29) is 11.6 Å². The van der Waals surface area contributed by atoms with Crippen LogP contribution in [-0.2, 0) is 6.42 Å². The first-order valence-electron chi connectivity index (χ1n) is 6.03. The fourth-order valence-corrected chi connectivity index (χ4v) is 1.89. The van der Waals surface area contributed by atoms with E-state index in [1.807, 2.05) is 0 Å². The number of nitrogens with one attached hydrogen (secondary N) is 2. The number of rotatable bonds is 4. The van der Waals surface area contributed by atoms with E-state index in [1.165, 1.54) is 0 Å². The van der Waals surface area contributed by atoms with Gasteiger partial charge in [0.25, 0.3) is 0 Å². The Balaban J connectivity index is 1.56. The second-order valence-electron chi connectivity index (χ2n) is 5.07. The molecule has 0 aliphatic heterocycles. The predicted molar refractivity (Wildman–Crippen MR) is 59.4 cm³/mol. The standard InChI is InChI=1S/C11H16N4O2/c1-7-12-9(17-15-7)6-11(4-5-11)14-10(16)13-8-2-3-8/h8H,2-6H2,1H3,(H2,13,14,16). The Morgan fingerprint density at radius 1 is 1.53 bits per heavy atom. The van der Waals surface area contributed by atoms with E-state index >= 15 is 0 Å². The highest BCUT2D eigenvalue weighted by Crippen LogP contribution is 2.38. The maximum absolute atomic E-state index is 11.7. The number of hydrogen-bond donors (Lipinski definition) is 2. The molecule has 1 aromatic heterocycles. The van der Waals surface area contributed by atoms with Crippen molar-refractivity contribution in [2.75, 3.05) is 0 Å². The van der Waals surface area contributed by atoms with Crippen molar-refractivity contribution in [3.8, 4) is 0 Å². The van der Waals surface area contributed by atoms with Crippen LogP contribution in [0.15, 0.2) is 4.52 Å². The Bertz CT molecular complexity index is 434. The van der Waals surface area contributed by atoms with Gasteiger partial charge < -0.3 is 15.2 Å². The van der Waals surface area contributed by atoms with E-state index in [0.717, 1.165) is 25.7 Å². The minimum absolute atomic E-state index is 0.0683. The first-order chi connectivity index (χ1) is 8.15. The molecule has 0 radical (unpaired) electrons. The average molecular weight is 236 g/mol. The van der Waals surface area contributed by atoms with Crippen molar-refractivity contribution in [3.05, 3.63) is 11.7 Å². The molecule has 0 saturated heterocycles. The van der Waals surface area contributed by atoms with Gasteiger partial charge in [-0.05, 0) is 32.6 Å². The van der Waals surface area contributed by atoms with Crippen molar-refractivity contribution in [1.29, 1.82) is 0 Å². The molecule has 2 fully saturated rings. The number of aryl methyl sites for hydroxylation is 1. The molecule has 0 atom stereocenters. The number of amides is 2. The molecule has 17 heavy (non-hydrogen) atoms. The third-order valence-corrected chi connectivity index (χ3v) is 3.20. The van der Waals surface area contributed by atoms with Gasteiger partial charge in [0.2, 0.25) is 5.89 Å². The van der Waals surface area contributed by atoms with Crippen molar-refractivity contribution in [2.45, 2.75) is 50.6 Å². The molecule has 92 valence electrons. The summed E-state index contributed by atoms with van der Waals surface area (Å²) in [7, 11) is 0. The predicted octanol–water partition coefficient (Wildman–Crippen LogP) is 0.915. The number of carbonyl (C=O) groups is 1. The lowest BCUT2D eigenvalue weighted by Gasteiger charge is -2.15. The Labute approximate surface area is 99.2 Å². The van der Waals surface area contributed by atoms with E-state index in [2.05, 4.69) is 20.8 Å². The fourth-order valence-electron chi connectivity index (χ4n) is 1.89. The summed E-state index contributed by atoms with van der Waals surface area (Å²) >= 11 is 0. The minimum Gasteiger partial charge on any atom is -0.339 e. The van der Waals surface area contributed by atoms with Crippen LogP contribution in [-0.4, -0.2) is 27.8 Å². The quantitative estimate of drug-likeness (QED) is 0.814. The topological polar surface area (TPSA) is 80.0 Å². The lowest BCUT2D eigenvalue weighted by Crippen LogP contribution is -2.45. The molecule has 2 aliphatic carbocycles. The largest absolute Gasteiger partial charge is 0.339 e. The van der Waals surface area contributed by atoms with Crippen LogP contribution in [0.25, 0.3) is 0 Å². The van der Waals surface area contributed by atoms with Crippen molar-refractivity contribution in [3.63, 3.8) is 0 Å². The number of carbonyl (C=O) groups excluding carboxylic acids is 1. The molecule has 0 unspecified atom stereocenters. The molecule has 3 rings (SSSR count). The van der Waals surface area contributed by atoms with E-state index in [0.29, 0.717) is 24.2 Å². The van der Waals surface area contributed by atoms with Crippen LogP contribution in [0.4, 0.5) is 4.79 Å². The summed E-state index contributed by atoms with van der Waals surface area (Å²) in [5, 5.41) is 9.69.